The summed E-state index contributed by atoms with van der Waals surface area (Å²) in [4.78, 5) is 7.07. The molecule has 1 aliphatic carbocycles. The minimum Gasteiger partial charge on any atom is -0.492 e. The molecule has 1 aromatic rings. The number of likely N-dealkylation sites (tertiary alicyclic amines) is 1. The van der Waals surface area contributed by atoms with Crippen LogP contribution in [-0.4, -0.2) is 78.1 Å². The number of aliphatic hydroxyl groups excluding tert-OH is 2. The van der Waals surface area contributed by atoms with Gasteiger partial charge in [0.25, 0.3) is 0 Å². The number of hydrogen-bond acceptors (Lipinski definition) is 6. The van der Waals surface area contributed by atoms with Crippen LogP contribution in [0.3, 0.4) is 0 Å². The number of thioether (sulfide) groups is 1. The normalized spacial score (nSPS) is 19.2. The lowest BCUT2D eigenvalue weighted by molar-refractivity contribution is -0.110. The molecule has 2 aliphatic heterocycles. The molecule has 1 saturated heterocycles. The number of rotatable bonds is 6. The second kappa shape index (κ2) is 27.5. The number of nitrogens with zero attached hydrogens (tertiary/aromatic N) is 2. The van der Waals surface area contributed by atoms with Gasteiger partial charge in [0.1, 0.15) is 12.4 Å². The Hall–Kier alpha value is -2.07. The van der Waals surface area contributed by atoms with Crippen LogP contribution in [0.2, 0.25) is 0 Å². The zero-order chi connectivity index (χ0) is 33.1. The molecule has 0 saturated carbocycles. The molecule has 2 N–H and O–H groups in total. The molecule has 2 heterocycles. The van der Waals surface area contributed by atoms with Crippen LogP contribution in [0.4, 0.5) is 13.2 Å². The van der Waals surface area contributed by atoms with E-state index in [-0.39, 0.29) is 13.5 Å². The summed E-state index contributed by atoms with van der Waals surface area (Å²) >= 11 is 1.89. The molecule has 2 unspecified atom stereocenters. The van der Waals surface area contributed by atoms with Gasteiger partial charge in [0.15, 0.2) is 0 Å². The largest absolute Gasteiger partial charge is 0.492 e. The molecular weight excluding hydrogens is 573 g/mol. The Morgan fingerprint density at radius 3 is 2.09 bits per heavy atom. The smallest absolute Gasteiger partial charge is 0.386 e. The van der Waals surface area contributed by atoms with Gasteiger partial charge in [-0.1, -0.05) is 71.0 Å². The summed E-state index contributed by atoms with van der Waals surface area (Å²) in [5.74, 6) is 0.909. The first-order valence-electron chi connectivity index (χ1n) is 15.5. The maximum absolute atomic E-state index is 10.4. The van der Waals surface area contributed by atoms with Gasteiger partial charge in [0, 0.05) is 45.0 Å². The number of aryl methyl sites for hydroxylation is 1. The summed E-state index contributed by atoms with van der Waals surface area (Å²) in [7, 11) is 1.00. The van der Waals surface area contributed by atoms with E-state index in [0.29, 0.717) is 17.9 Å². The SMILES string of the molecule is CC.CC.CC(F)(F)F.CC1CC(CN2CCC3=CCC=C(OCCO)C=C3CC2)SC=N1.CCc1ccccc1.CO. The fourth-order valence-corrected chi connectivity index (χ4v) is 5.36. The van der Waals surface area contributed by atoms with Crippen molar-refractivity contribution < 1.29 is 28.1 Å². The highest BCUT2D eigenvalue weighted by Crippen LogP contribution is 2.29. The van der Waals surface area contributed by atoms with Gasteiger partial charge in [0.2, 0.25) is 0 Å². The summed E-state index contributed by atoms with van der Waals surface area (Å²) in [6.07, 6.45) is 8.08. The lowest BCUT2D eigenvalue weighted by Gasteiger charge is -2.27. The van der Waals surface area contributed by atoms with E-state index in [0.717, 1.165) is 58.2 Å². The Morgan fingerprint density at radius 2 is 1.58 bits per heavy atom. The summed E-state index contributed by atoms with van der Waals surface area (Å²) in [6.45, 7) is 16.4. The van der Waals surface area contributed by atoms with E-state index in [1.165, 1.54) is 23.1 Å². The van der Waals surface area contributed by atoms with Crippen molar-refractivity contribution in [2.45, 2.75) is 98.0 Å². The van der Waals surface area contributed by atoms with Crippen LogP contribution in [0.5, 0.6) is 0 Å². The van der Waals surface area contributed by atoms with E-state index >= 15 is 0 Å². The molecule has 248 valence electrons. The first-order chi connectivity index (χ1) is 20.7. The summed E-state index contributed by atoms with van der Waals surface area (Å²) < 4.78 is 36.7. The molecule has 0 aromatic heterocycles. The van der Waals surface area contributed by atoms with Crippen molar-refractivity contribution in [1.29, 1.82) is 0 Å². The van der Waals surface area contributed by atoms with Gasteiger partial charge in [-0.3, -0.25) is 4.99 Å². The number of fused-ring (bicyclic) bond motifs is 1. The average Bonchev–Trinajstić information content (AvgIpc) is 3.33. The average molecular weight is 631 g/mol. The van der Waals surface area contributed by atoms with Crippen LogP contribution >= 0.6 is 11.8 Å². The van der Waals surface area contributed by atoms with Crippen LogP contribution in [0.1, 0.15) is 79.7 Å². The molecule has 3 aliphatic rings. The highest BCUT2D eigenvalue weighted by atomic mass is 32.2. The third-order valence-corrected chi connectivity index (χ3v) is 7.02. The van der Waals surface area contributed by atoms with E-state index in [1.54, 1.807) is 0 Å². The Morgan fingerprint density at radius 1 is 1.00 bits per heavy atom. The fraction of sp³-hybridized carbons (Fsp3) is 0.618. The van der Waals surface area contributed by atoms with Crippen LogP contribution in [0.25, 0.3) is 0 Å². The van der Waals surface area contributed by atoms with E-state index < -0.39 is 6.18 Å². The van der Waals surface area contributed by atoms with Crippen LogP contribution < -0.4 is 0 Å². The Kier molecular flexibility index (Phi) is 27.5. The van der Waals surface area contributed by atoms with Crippen molar-refractivity contribution in [3.05, 3.63) is 71.0 Å². The number of hydrogen-bond donors (Lipinski definition) is 2. The Bertz CT molecular complexity index is 913. The van der Waals surface area contributed by atoms with Crippen molar-refractivity contribution in [3.63, 3.8) is 0 Å². The zero-order valence-corrected chi connectivity index (χ0v) is 28.5. The van der Waals surface area contributed by atoms with Crippen molar-refractivity contribution in [1.82, 2.24) is 4.90 Å². The molecule has 0 bridgehead atoms. The first kappa shape index (κ1) is 43.1. The molecule has 4 rings (SSSR count). The van der Waals surface area contributed by atoms with Gasteiger partial charge in [-0.25, -0.2) is 0 Å². The Balaban J connectivity index is 0. The van der Waals surface area contributed by atoms with E-state index in [1.807, 2.05) is 51.1 Å². The lowest BCUT2D eigenvalue weighted by Crippen LogP contribution is -2.34. The molecule has 1 aromatic carbocycles. The molecule has 2 atom stereocenters. The van der Waals surface area contributed by atoms with E-state index in [9.17, 15) is 13.2 Å². The minimum absolute atomic E-state index is 0.0648. The molecular formula is C34H57F3N2O3S. The molecule has 0 radical (unpaired) electrons. The van der Waals surface area contributed by atoms with E-state index in [2.05, 4.69) is 66.2 Å². The van der Waals surface area contributed by atoms with Gasteiger partial charge in [-0.15, -0.1) is 11.8 Å². The standard InChI is InChI=1S/C19H28N2O2S.C8H10.C2H3F3.2C2H6.CH4O/c1-15-11-19(24-14-20-15)13-21-7-5-16-3-2-4-18(23-10-9-22)12-17(16)6-8-21;1-2-8-6-4-3-5-7-8;1-2(3,4)5;3*1-2/h3-4,12,14-15,19,22H,2,5-11,13H2,1H3;3-7H,2H2,1H3;1H3;2*1-2H3;2H,1H3. The molecule has 9 heteroatoms. The van der Waals surface area contributed by atoms with Gasteiger partial charge in [0.05, 0.1) is 12.2 Å². The van der Waals surface area contributed by atoms with Crippen LogP contribution in [0, 0.1) is 0 Å². The third-order valence-electron chi connectivity index (χ3n) is 6.05. The summed E-state index contributed by atoms with van der Waals surface area (Å²) in [6, 6.07) is 10.9. The number of aliphatic hydroxyl groups is 2. The van der Waals surface area contributed by atoms with Gasteiger partial charge in [-0.2, -0.15) is 13.2 Å². The van der Waals surface area contributed by atoms with Crippen LogP contribution in [0.15, 0.2) is 70.5 Å². The maximum atomic E-state index is 10.4. The third kappa shape index (κ3) is 23.0. The highest BCUT2D eigenvalue weighted by molar-refractivity contribution is 8.12. The van der Waals surface area contributed by atoms with Crippen LogP contribution in [-0.2, 0) is 11.2 Å². The van der Waals surface area contributed by atoms with Gasteiger partial charge >= 0.3 is 6.18 Å². The molecule has 0 amide bonds. The van der Waals surface area contributed by atoms with Crippen molar-refractivity contribution >= 4 is 17.3 Å². The monoisotopic (exact) mass is 630 g/mol. The number of halogens is 3. The summed E-state index contributed by atoms with van der Waals surface area (Å²) in [5.41, 5.74) is 6.34. The Labute approximate surface area is 264 Å². The molecule has 5 nitrogen and oxygen atoms in total. The first-order valence-corrected chi connectivity index (χ1v) is 16.4. The van der Waals surface area contributed by atoms with Gasteiger partial charge < -0.3 is 19.8 Å². The predicted octanol–water partition coefficient (Wildman–Crippen LogP) is 8.63. The topological polar surface area (TPSA) is 65.3 Å². The maximum Gasteiger partial charge on any atom is 0.386 e. The molecule has 1 fully saturated rings. The molecule has 0 spiro atoms. The number of ether oxygens (including phenoxy) is 1. The van der Waals surface area contributed by atoms with Crippen molar-refractivity contribution in [2.75, 3.05) is 40.0 Å². The highest BCUT2D eigenvalue weighted by Gasteiger charge is 2.23. The number of allylic oxidation sites excluding steroid dienone is 3. The number of aliphatic imine (C=N–C) groups is 1. The fourth-order valence-electron chi connectivity index (χ4n) is 4.22. The van der Waals surface area contributed by atoms with E-state index in [4.69, 9.17) is 14.9 Å². The van der Waals surface area contributed by atoms with Gasteiger partial charge in [-0.05, 0) is 67.9 Å². The minimum atomic E-state index is -4.00. The predicted molar refractivity (Wildman–Crippen MR) is 180 cm³/mol. The van der Waals surface area contributed by atoms with Crippen molar-refractivity contribution in [2.24, 2.45) is 4.99 Å². The second-order valence-electron chi connectivity index (χ2n) is 9.33. The quantitative estimate of drug-likeness (QED) is 0.330. The zero-order valence-electron chi connectivity index (χ0n) is 27.7. The van der Waals surface area contributed by atoms with Crippen molar-refractivity contribution in [3.8, 4) is 0 Å². The number of alkyl halides is 3. The molecule has 43 heavy (non-hydrogen) atoms. The second-order valence-corrected chi connectivity index (χ2v) is 10.5. The number of benzene rings is 1. The summed E-state index contributed by atoms with van der Waals surface area (Å²) in [5, 5.41) is 16.6. The lowest BCUT2D eigenvalue weighted by atomic mass is 10.0.